The molecule has 1 aliphatic rings. The van der Waals surface area contributed by atoms with Crippen LogP contribution in [0, 0.1) is 0 Å². The molecule has 1 unspecified atom stereocenters. The van der Waals surface area contributed by atoms with Crippen molar-refractivity contribution in [1.82, 2.24) is 15.5 Å². The number of piperazine rings is 1. The Morgan fingerprint density at radius 1 is 1.35 bits per heavy atom. The van der Waals surface area contributed by atoms with E-state index in [0.717, 1.165) is 19.6 Å². The number of hydrogen-bond acceptors (Lipinski definition) is 6. The highest BCUT2D eigenvalue weighted by Gasteiger charge is 2.25. The minimum Gasteiger partial charge on any atom is -0.411 e. The van der Waals surface area contributed by atoms with Gasteiger partial charge in [0.05, 0.1) is 19.3 Å². The molecule has 0 aliphatic carbocycles. The second-order valence-corrected chi connectivity index (χ2v) is 4.77. The van der Waals surface area contributed by atoms with Gasteiger partial charge in [-0.15, -0.1) is 5.10 Å². The normalized spacial score (nSPS) is 19.2. The van der Waals surface area contributed by atoms with E-state index >= 15 is 0 Å². The lowest BCUT2D eigenvalue weighted by molar-refractivity contribution is 0.101. The van der Waals surface area contributed by atoms with Gasteiger partial charge in [-0.2, -0.15) is 0 Å². The third-order valence-corrected chi connectivity index (χ3v) is 3.37. The standard InChI is InChI=1S/C14H18N4O2/c1-2-4-12(5-3-1)9-19-10-13-8-15-6-7-18(13)14-17-16-11-20-14/h1-5,11,13,15H,6-10H2. The lowest BCUT2D eigenvalue weighted by atomic mass is 10.2. The highest BCUT2D eigenvalue weighted by molar-refractivity contribution is 5.27. The number of aromatic nitrogens is 2. The molecule has 1 atom stereocenters. The highest BCUT2D eigenvalue weighted by atomic mass is 16.5. The van der Waals surface area contributed by atoms with Crippen molar-refractivity contribution in [3.63, 3.8) is 0 Å². The summed E-state index contributed by atoms with van der Waals surface area (Å²) in [6, 6.07) is 11.0. The van der Waals surface area contributed by atoms with E-state index in [4.69, 9.17) is 9.15 Å². The molecule has 6 nitrogen and oxygen atoms in total. The Kier molecular flexibility index (Phi) is 4.25. The quantitative estimate of drug-likeness (QED) is 0.879. The molecule has 106 valence electrons. The van der Waals surface area contributed by atoms with Crippen molar-refractivity contribution >= 4 is 6.01 Å². The number of anilines is 1. The molecule has 1 aromatic carbocycles. The molecule has 0 amide bonds. The fourth-order valence-electron chi connectivity index (χ4n) is 2.34. The van der Waals surface area contributed by atoms with Crippen molar-refractivity contribution < 1.29 is 9.15 Å². The van der Waals surface area contributed by atoms with E-state index in [2.05, 4.69) is 32.5 Å². The molecule has 1 saturated heterocycles. The molecule has 1 aliphatic heterocycles. The van der Waals surface area contributed by atoms with Crippen molar-refractivity contribution in [3.05, 3.63) is 42.3 Å². The van der Waals surface area contributed by atoms with Crippen LogP contribution in [0.5, 0.6) is 0 Å². The van der Waals surface area contributed by atoms with Gasteiger partial charge in [-0.3, -0.25) is 0 Å². The molecule has 6 heteroatoms. The van der Waals surface area contributed by atoms with E-state index in [-0.39, 0.29) is 6.04 Å². The van der Waals surface area contributed by atoms with Crippen LogP contribution < -0.4 is 10.2 Å². The van der Waals surface area contributed by atoms with Crippen LogP contribution in [-0.2, 0) is 11.3 Å². The van der Waals surface area contributed by atoms with E-state index in [1.165, 1.54) is 12.0 Å². The van der Waals surface area contributed by atoms with Crippen LogP contribution >= 0.6 is 0 Å². The molecule has 0 saturated carbocycles. The summed E-state index contributed by atoms with van der Waals surface area (Å²) in [7, 11) is 0. The Morgan fingerprint density at radius 2 is 2.25 bits per heavy atom. The topological polar surface area (TPSA) is 63.4 Å². The zero-order valence-electron chi connectivity index (χ0n) is 11.2. The predicted octanol–water partition coefficient (Wildman–Crippen LogP) is 1.06. The summed E-state index contributed by atoms with van der Waals surface area (Å²) in [5, 5.41) is 11.1. The van der Waals surface area contributed by atoms with Gasteiger partial charge in [-0.25, -0.2) is 0 Å². The molecule has 1 fully saturated rings. The van der Waals surface area contributed by atoms with Crippen LogP contribution in [0.4, 0.5) is 6.01 Å². The molecule has 0 bridgehead atoms. The van der Waals surface area contributed by atoms with Crippen LogP contribution in [0.25, 0.3) is 0 Å². The molecule has 0 radical (unpaired) electrons. The maximum Gasteiger partial charge on any atom is 0.318 e. The van der Waals surface area contributed by atoms with Crippen LogP contribution in [0.3, 0.4) is 0 Å². The molecular formula is C14H18N4O2. The maximum atomic E-state index is 5.82. The Balaban J connectivity index is 1.55. The fourth-order valence-corrected chi connectivity index (χ4v) is 2.34. The molecule has 3 rings (SSSR count). The second-order valence-electron chi connectivity index (χ2n) is 4.77. The third-order valence-electron chi connectivity index (χ3n) is 3.37. The number of nitrogens with zero attached hydrogens (tertiary/aromatic N) is 3. The number of nitrogens with one attached hydrogen (secondary N) is 1. The number of ether oxygens (including phenoxy) is 1. The minimum absolute atomic E-state index is 0.216. The monoisotopic (exact) mass is 274 g/mol. The molecule has 2 heterocycles. The van der Waals surface area contributed by atoms with Gasteiger partial charge in [0.2, 0.25) is 6.39 Å². The van der Waals surface area contributed by atoms with E-state index in [1.54, 1.807) is 0 Å². The van der Waals surface area contributed by atoms with E-state index in [1.807, 2.05) is 18.2 Å². The Bertz CT molecular complexity index is 503. The van der Waals surface area contributed by atoms with Gasteiger partial charge in [-0.1, -0.05) is 35.4 Å². The average Bonchev–Trinajstić information content (AvgIpc) is 3.03. The fraction of sp³-hybridized carbons (Fsp3) is 0.429. The van der Waals surface area contributed by atoms with Crippen molar-refractivity contribution in [2.75, 3.05) is 31.1 Å². The van der Waals surface area contributed by atoms with E-state index in [0.29, 0.717) is 19.2 Å². The van der Waals surface area contributed by atoms with Crippen LogP contribution in [0.15, 0.2) is 41.1 Å². The molecule has 20 heavy (non-hydrogen) atoms. The minimum atomic E-state index is 0.216. The van der Waals surface area contributed by atoms with Crippen molar-refractivity contribution in [1.29, 1.82) is 0 Å². The van der Waals surface area contributed by atoms with Crippen LogP contribution in [-0.4, -0.2) is 42.5 Å². The molecule has 0 spiro atoms. The third kappa shape index (κ3) is 3.15. The molecule has 1 aromatic heterocycles. The van der Waals surface area contributed by atoms with Crippen LogP contribution in [0.1, 0.15) is 5.56 Å². The summed E-state index contributed by atoms with van der Waals surface area (Å²) in [4.78, 5) is 2.11. The van der Waals surface area contributed by atoms with Gasteiger partial charge in [0, 0.05) is 19.6 Å². The lowest BCUT2D eigenvalue weighted by Gasteiger charge is -2.34. The van der Waals surface area contributed by atoms with Crippen molar-refractivity contribution in [2.45, 2.75) is 12.6 Å². The molecular weight excluding hydrogens is 256 g/mol. The number of hydrogen-bond donors (Lipinski definition) is 1. The largest absolute Gasteiger partial charge is 0.411 e. The Morgan fingerprint density at radius 3 is 3.05 bits per heavy atom. The summed E-state index contributed by atoms with van der Waals surface area (Å²) >= 11 is 0. The van der Waals surface area contributed by atoms with Gasteiger partial charge in [0.1, 0.15) is 0 Å². The molecule has 2 aromatic rings. The molecule has 1 N–H and O–H groups in total. The summed E-state index contributed by atoms with van der Waals surface area (Å²) in [6.07, 6.45) is 1.36. The zero-order valence-corrected chi connectivity index (χ0v) is 11.2. The van der Waals surface area contributed by atoms with E-state index < -0.39 is 0 Å². The van der Waals surface area contributed by atoms with Gasteiger partial charge in [0.15, 0.2) is 0 Å². The average molecular weight is 274 g/mol. The van der Waals surface area contributed by atoms with Crippen molar-refractivity contribution in [3.8, 4) is 0 Å². The SMILES string of the molecule is c1ccc(COCC2CNCCN2c2nnco2)cc1. The summed E-state index contributed by atoms with van der Waals surface area (Å²) < 4.78 is 11.1. The van der Waals surface area contributed by atoms with Crippen LogP contribution in [0.2, 0.25) is 0 Å². The second kappa shape index (κ2) is 6.49. The summed E-state index contributed by atoms with van der Waals surface area (Å²) in [5.41, 5.74) is 1.18. The zero-order chi connectivity index (χ0) is 13.6. The van der Waals surface area contributed by atoms with Gasteiger partial charge < -0.3 is 19.4 Å². The first kappa shape index (κ1) is 13.1. The summed E-state index contributed by atoms with van der Waals surface area (Å²) in [5.74, 6) is 0. The Labute approximate surface area is 117 Å². The first-order chi connectivity index (χ1) is 9.93. The summed E-state index contributed by atoms with van der Waals surface area (Å²) in [6.45, 7) is 3.87. The van der Waals surface area contributed by atoms with Crippen molar-refractivity contribution in [2.24, 2.45) is 0 Å². The van der Waals surface area contributed by atoms with Gasteiger partial charge in [0.25, 0.3) is 0 Å². The highest BCUT2D eigenvalue weighted by Crippen LogP contribution is 2.15. The predicted molar refractivity (Wildman–Crippen MR) is 74.4 cm³/mol. The maximum absolute atomic E-state index is 5.82. The smallest absolute Gasteiger partial charge is 0.318 e. The Hall–Kier alpha value is -1.92. The lowest BCUT2D eigenvalue weighted by Crippen LogP contribution is -2.53. The first-order valence-corrected chi connectivity index (χ1v) is 6.78. The first-order valence-electron chi connectivity index (χ1n) is 6.78. The van der Waals surface area contributed by atoms with Gasteiger partial charge >= 0.3 is 6.01 Å². The number of benzene rings is 1. The number of rotatable bonds is 5. The van der Waals surface area contributed by atoms with E-state index in [9.17, 15) is 0 Å². The van der Waals surface area contributed by atoms with Gasteiger partial charge in [-0.05, 0) is 5.56 Å².